The van der Waals surface area contributed by atoms with Crippen LogP contribution in [-0.2, 0) is 4.79 Å². The van der Waals surface area contributed by atoms with Crippen molar-refractivity contribution in [2.24, 2.45) is 11.7 Å². The van der Waals surface area contributed by atoms with Crippen LogP contribution in [0.3, 0.4) is 0 Å². The van der Waals surface area contributed by atoms with Crippen molar-refractivity contribution >= 4 is 11.6 Å². The topological polar surface area (TPSA) is 64.4 Å². The summed E-state index contributed by atoms with van der Waals surface area (Å²) in [5.74, 6) is -0.273. The molecule has 1 atom stereocenters. The van der Waals surface area contributed by atoms with E-state index in [2.05, 4.69) is 10.1 Å². The standard InChI is InChI=1S/C13H17F3N2O2/c1-9(8-17)2-7-12(19)18-10-3-5-11(6-4-10)20-13(14,15)16/h3-6,9H,2,7-8,17H2,1H3,(H,18,19). The van der Waals surface area contributed by atoms with Crippen LogP contribution >= 0.6 is 0 Å². The van der Waals surface area contributed by atoms with Crippen LogP contribution in [0.15, 0.2) is 24.3 Å². The molecular formula is C13H17F3N2O2. The molecular weight excluding hydrogens is 273 g/mol. The molecule has 0 heterocycles. The van der Waals surface area contributed by atoms with Crippen LogP contribution in [0.4, 0.5) is 18.9 Å². The number of nitrogens with one attached hydrogen (secondary N) is 1. The molecule has 0 spiro atoms. The maximum absolute atomic E-state index is 12.0. The molecule has 0 aliphatic rings. The number of hydrogen-bond acceptors (Lipinski definition) is 3. The van der Waals surface area contributed by atoms with Crippen LogP contribution in [0.1, 0.15) is 19.8 Å². The molecule has 0 bridgehead atoms. The number of amides is 1. The summed E-state index contributed by atoms with van der Waals surface area (Å²) in [5, 5.41) is 2.59. The number of carbonyl (C=O) groups is 1. The van der Waals surface area contributed by atoms with E-state index in [1.54, 1.807) is 0 Å². The zero-order chi connectivity index (χ0) is 15.2. The molecule has 0 saturated carbocycles. The van der Waals surface area contributed by atoms with Gasteiger partial charge in [-0.1, -0.05) is 6.92 Å². The molecule has 0 aromatic heterocycles. The predicted molar refractivity (Wildman–Crippen MR) is 69.2 cm³/mol. The molecule has 0 aliphatic heterocycles. The van der Waals surface area contributed by atoms with Gasteiger partial charge in [0.1, 0.15) is 5.75 Å². The van der Waals surface area contributed by atoms with Crippen molar-refractivity contribution in [3.63, 3.8) is 0 Å². The highest BCUT2D eigenvalue weighted by Crippen LogP contribution is 2.24. The van der Waals surface area contributed by atoms with Crippen LogP contribution in [0.5, 0.6) is 5.75 Å². The minimum Gasteiger partial charge on any atom is -0.406 e. The van der Waals surface area contributed by atoms with Gasteiger partial charge in [-0.2, -0.15) is 0 Å². The van der Waals surface area contributed by atoms with Gasteiger partial charge in [0.15, 0.2) is 0 Å². The Morgan fingerprint density at radius 3 is 2.45 bits per heavy atom. The molecule has 1 aromatic rings. The second kappa shape index (κ2) is 7.14. The lowest BCUT2D eigenvalue weighted by atomic mass is 10.1. The molecule has 1 rings (SSSR count). The summed E-state index contributed by atoms with van der Waals surface area (Å²) in [6.07, 6.45) is -3.74. The van der Waals surface area contributed by atoms with E-state index in [1.165, 1.54) is 12.1 Å². The van der Waals surface area contributed by atoms with E-state index >= 15 is 0 Å². The SMILES string of the molecule is CC(CN)CCC(=O)Nc1ccc(OC(F)(F)F)cc1. The van der Waals surface area contributed by atoms with Crippen LogP contribution in [-0.4, -0.2) is 18.8 Å². The van der Waals surface area contributed by atoms with E-state index < -0.39 is 6.36 Å². The Bertz CT molecular complexity index is 432. The predicted octanol–water partition coefficient (Wildman–Crippen LogP) is 2.90. The van der Waals surface area contributed by atoms with Gasteiger partial charge in [-0.05, 0) is 43.1 Å². The van der Waals surface area contributed by atoms with Crippen molar-refractivity contribution in [1.29, 1.82) is 0 Å². The van der Waals surface area contributed by atoms with Gasteiger partial charge in [0.25, 0.3) is 0 Å². The number of ether oxygens (including phenoxy) is 1. The van der Waals surface area contributed by atoms with Crippen molar-refractivity contribution < 1.29 is 22.7 Å². The van der Waals surface area contributed by atoms with Gasteiger partial charge < -0.3 is 15.8 Å². The van der Waals surface area contributed by atoms with Gasteiger partial charge in [-0.15, -0.1) is 13.2 Å². The molecule has 112 valence electrons. The first kappa shape index (κ1) is 16.3. The summed E-state index contributed by atoms with van der Waals surface area (Å²) in [7, 11) is 0. The van der Waals surface area contributed by atoms with Gasteiger partial charge >= 0.3 is 6.36 Å². The van der Waals surface area contributed by atoms with Crippen molar-refractivity contribution in [3.8, 4) is 5.75 Å². The quantitative estimate of drug-likeness (QED) is 0.846. The highest BCUT2D eigenvalue weighted by Gasteiger charge is 2.30. The van der Waals surface area contributed by atoms with E-state index in [-0.39, 0.29) is 17.6 Å². The maximum Gasteiger partial charge on any atom is 0.573 e. The second-order valence-corrected chi connectivity index (χ2v) is 4.50. The number of benzene rings is 1. The fraction of sp³-hybridized carbons (Fsp3) is 0.462. The molecule has 0 saturated heterocycles. The Hall–Kier alpha value is -1.76. The minimum atomic E-state index is -4.72. The van der Waals surface area contributed by atoms with Crippen molar-refractivity contribution in [2.45, 2.75) is 26.1 Å². The molecule has 7 heteroatoms. The summed E-state index contributed by atoms with van der Waals surface area (Å²) in [6, 6.07) is 4.99. The zero-order valence-corrected chi connectivity index (χ0v) is 11.0. The number of carbonyl (C=O) groups excluding carboxylic acids is 1. The van der Waals surface area contributed by atoms with Crippen LogP contribution in [0, 0.1) is 5.92 Å². The average molecular weight is 290 g/mol. The Morgan fingerprint density at radius 1 is 1.35 bits per heavy atom. The Morgan fingerprint density at radius 2 is 1.95 bits per heavy atom. The van der Waals surface area contributed by atoms with E-state index in [0.717, 1.165) is 12.1 Å². The first-order valence-corrected chi connectivity index (χ1v) is 6.16. The summed E-state index contributed by atoms with van der Waals surface area (Å²) in [4.78, 5) is 11.6. The molecule has 4 nitrogen and oxygen atoms in total. The number of alkyl halides is 3. The van der Waals surface area contributed by atoms with Crippen LogP contribution in [0.25, 0.3) is 0 Å². The largest absolute Gasteiger partial charge is 0.573 e. The van der Waals surface area contributed by atoms with Crippen LogP contribution < -0.4 is 15.8 Å². The summed E-state index contributed by atoms with van der Waals surface area (Å²) < 4.78 is 39.6. The fourth-order valence-electron chi connectivity index (χ4n) is 1.46. The van der Waals surface area contributed by atoms with E-state index in [4.69, 9.17) is 5.73 Å². The summed E-state index contributed by atoms with van der Waals surface area (Å²) in [5.41, 5.74) is 5.86. The van der Waals surface area contributed by atoms with Crippen molar-refractivity contribution in [1.82, 2.24) is 0 Å². The highest BCUT2D eigenvalue weighted by atomic mass is 19.4. The highest BCUT2D eigenvalue weighted by molar-refractivity contribution is 5.90. The monoisotopic (exact) mass is 290 g/mol. The second-order valence-electron chi connectivity index (χ2n) is 4.50. The van der Waals surface area contributed by atoms with E-state index in [0.29, 0.717) is 25.1 Å². The third-order valence-electron chi connectivity index (χ3n) is 2.64. The number of halogens is 3. The van der Waals surface area contributed by atoms with Gasteiger partial charge in [0.05, 0.1) is 0 Å². The average Bonchev–Trinajstić information content (AvgIpc) is 2.36. The summed E-state index contributed by atoms with van der Waals surface area (Å²) in [6.45, 7) is 2.45. The lowest BCUT2D eigenvalue weighted by Crippen LogP contribution is -2.17. The van der Waals surface area contributed by atoms with Crippen LogP contribution in [0.2, 0.25) is 0 Å². The third-order valence-corrected chi connectivity index (χ3v) is 2.64. The molecule has 0 fully saturated rings. The molecule has 1 unspecified atom stereocenters. The van der Waals surface area contributed by atoms with Crippen molar-refractivity contribution in [3.05, 3.63) is 24.3 Å². The normalized spacial score (nSPS) is 12.8. The number of nitrogens with two attached hydrogens (primary N) is 1. The number of hydrogen-bond donors (Lipinski definition) is 2. The Balaban J connectivity index is 2.47. The Kier molecular flexibility index (Phi) is 5.82. The zero-order valence-electron chi connectivity index (χ0n) is 11.0. The van der Waals surface area contributed by atoms with Gasteiger partial charge in [-0.25, -0.2) is 0 Å². The molecule has 3 N–H and O–H groups in total. The lowest BCUT2D eigenvalue weighted by Gasteiger charge is -2.11. The van der Waals surface area contributed by atoms with Gasteiger partial charge in [0, 0.05) is 12.1 Å². The smallest absolute Gasteiger partial charge is 0.406 e. The lowest BCUT2D eigenvalue weighted by molar-refractivity contribution is -0.274. The number of anilines is 1. The van der Waals surface area contributed by atoms with E-state index in [9.17, 15) is 18.0 Å². The molecule has 1 amide bonds. The third kappa shape index (κ3) is 6.42. The fourth-order valence-corrected chi connectivity index (χ4v) is 1.46. The molecule has 0 aliphatic carbocycles. The number of rotatable bonds is 6. The maximum atomic E-state index is 12.0. The van der Waals surface area contributed by atoms with E-state index in [1.807, 2.05) is 6.92 Å². The van der Waals surface area contributed by atoms with Gasteiger partial charge in [-0.3, -0.25) is 4.79 Å². The molecule has 1 aromatic carbocycles. The van der Waals surface area contributed by atoms with Crippen molar-refractivity contribution in [2.75, 3.05) is 11.9 Å². The van der Waals surface area contributed by atoms with Gasteiger partial charge in [0.2, 0.25) is 5.91 Å². The molecule has 20 heavy (non-hydrogen) atoms. The summed E-state index contributed by atoms with van der Waals surface area (Å²) >= 11 is 0. The first-order chi connectivity index (χ1) is 9.30. The first-order valence-electron chi connectivity index (χ1n) is 6.16. The minimum absolute atomic E-state index is 0.199. The molecule has 0 radical (unpaired) electrons. The Labute approximate surface area is 115 Å².